The third-order valence-electron chi connectivity index (χ3n) is 4.12. The van der Waals surface area contributed by atoms with Crippen LogP contribution in [0.3, 0.4) is 0 Å². The number of aryl methyl sites for hydroxylation is 1. The van der Waals surface area contributed by atoms with Crippen molar-refractivity contribution >= 4 is 22.6 Å². The molecule has 0 bridgehead atoms. The standard InChI is InChI=1S/C18H13FN4O3/c1-22-16(24)12-7-3-5-9-14(12)23-15(20-21-18(22)23)10-26-17(25)11-6-2-4-8-13(11)19/h2-9H,10H2,1H3. The monoisotopic (exact) mass is 352 g/mol. The Morgan fingerprint density at radius 1 is 1.12 bits per heavy atom. The van der Waals surface area contributed by atoms with Crippen LogP contribution >= 0.6 is 0 Å². The summed E-state index contributed by atoms with van der Waals surface area (Å²) in [6.45, 7) is -0.212. The number of benzene rings is 2. The van der Waals surface area contributed by atoms with Crippen molar-refractivity contribution in [3.63, 3.8) is 0 Å². The van der Waals surface area contributed by atoms with Gasteiger partial charge in [-0.05, 0) is 24.3 Å². The van der Waals surface area contributed by atoms with Crippen LogP contribution in [-0.2, 0) is 18.4 Å². The normalized spacial score (nSPS) is 11.2. The summed E-state index contributed by atoms with van der Waals surface area (Å²) in [5.41, 5.74) is 0.251. The lowest BCUT2D eigenvalue weighted by Crippen LogP contribution is -2.20. The minimum absolute atomic E-state index is 0.154. The molecule has 4 rings (SSSR count). The summed E-state index contributed by atoms with van der Waals surface area (Å²) in [5, 5.41) is 8.52. The second-order valence-corrected chi connectivity index (χ2v) is 5.69. The number of carbonyl (C=O) groups excluding carboxylic acids is 1. The van der Waals surface area contributed by atoms with E-state index in [1.54, 1.807) is 41.8 Å². The second-order valence-electron chi connectivity index (χ2n) is 5.69. The van der Waals surface area contributed by atoms with Crippen molar-refractivity contribution in [3.05, 3.63) is 76.1 Å². The van der Waals surface area contributed by atoms with Gasteiger partial charge < -0.3 is 4.74 Å². The number of rotatable bonds is 3. The van der Waals surface area contributed by atoms with E-state index in [1.165, 1.54) is 22.8 Å². The molecule has 0 N–H and O–H groups in total. The molecule has 2 aromatic carbocycles. The fourth-order valence-electron chi connectivity index (χ4n) is 2.82. The van der Waals surface area contributed by atoms with Gasteiger partial charge in [-0.1, -0.05) is 24.3 Å². The molecule has 7 nitrogen and oxygen atoms in total. The summed E-state index contributed by atoms with van der Waals surface area (Å²) in [6, 6.07) is 12.6. The van der Waals surface area contributed by atoms with Crippen molar-refractivity contribution in [2.45, 2.75) is 6.61 Å². The average molecular weight is 352 g/mol. The van der Waals surface area contributed by atoms with Gasteiger partial charge in [0.2, 0.25) is 5.78 Å². The van der Waals surface area contributed by atoms with Gasteiger partial charge in [0.15, 0.2) is 12.4 Å². The van der Waals surface area contributed by atoms with E-state index >= 15 is 0 Å². The molecule has 0 saturated carbocycles. The van der Waals surface area contributed by atoms with E-state index in [-0.39, 0.29) is 17.7 Å². The first-order valence-corrected chi connectivity index (χ1v) is 7.81. The maximum atomic E-state index is 13.7. The fourth-order valence-corrected chi connectivity index (χ4v) is 2.82. The van der Waals surface area contributed by atoms with Crippen LogP contribution in [-0.4, -0.2) is 25.1 Å². The summed E-state index contributed by atoms with van der Waals surface area (Å²) in [6.07, 6.45) is 0. The lowest BCUT2D eigenvalue weighted by molar-refractivity contribution is 0.0456. The number of fused-ring (bicyclic) bond motifs is 3. The summed E-state index contributed by atoms with van der Waals surface area (Å²) in [5.74, 6) is -0.799. The number of ether oxygens (including phenoxy) is 1. The number of carbonyl (C=O) groups is 1. The molecule has 0 amide bonds. The molecule has 8 heteroatoms. The Labute approximate surface area is 146 Å². The van der Waals surface area contributed by atoms with Crippen LogP contribution < -0.4 is 5.56 Å². The third kappa shape index (κ3) is 2.43. The minimum atomic E-state index is -0.797. The van der Waals surface area contributed by atoms with Crippen molar-refractivity contribution in [2.75, 3.05) is 0 Å². The molecule has 0 fully saturated rings. The quantitative estimate of drug-likeness (QED) is 0.528. The highest BCUT2D eigenvalue weighted by Gasteiger charge is 2.17. The summed E-state index contributed by atoms with van der Waals surface area (Å²) in [7, 11) is 1.59. The van der Waals surface area contributed by atoms with E-state index in [0.29, 0.717) is 22.5 Å². The molecular formula is C18H13FN4O3. The molecule has 0 atom stereocenters. The molecule has 0 aliphatic carbocycles. The number of hydrogen-bond donors (Lipinski definition) is 0. The lowest BCUT2D eigenvalue weighted by Gasteiger charge is -2.08. The zero-order valence-electron chi connectivity index (χ0n) is 13.7. The van der Waals surface area contributed by atoms with Gasteiger partial charge in [-0.2, -0.15) is 0 Å². The molecule has 4 aromatic rings. The molecule has 0 radical (unpaired) electrons. The van der Waals surface area contributed by atoms with Gasteiger partial charge >= 0.3 is 5.97 Å². The predicted molar refractivity (Wildman–Crippen MR) is 91.3 cm³/mol. The van der Waals surface area contributed by atoms with E-state index in [0.717, 1.165) is 0 Å². The van der Waals surface area contributed by atoms with E-state index in [4.69, 9.17) is 4.74 Å². The number of hydrogen-bond acceptors (Lipinski definition) is 5. The van der Waals surface area contributed by atoms with Crippen molar-refractivity contribution in [2.24, 2.45) is 7.05 Å². The van der Waals surface area contributed by atoms with Gasteiger partial charge in [0.25, 0.3) is 5.56 Å². The Morgan fingerprint density at radius 2 is 1.85 bits per heavy atom. The van der Waals surface area contributed by atoms with Crippen LogP contribution in [0.2, 0.25) is 0 Å². The first kappa shape index (κ1) is 15.9. The lowest BCUT2D eigenvalue weighted by atomic mass is 10.2. The summed E-state index contributed by atoms with van der Waals surface area (Å²) < 4.78 is 21.9. The van der Waals surface area contributed by atoms with E-state index in [2.05, 4.69) is 10.2 Å². The Hall–Kier alpha value is -3.55. The average Bonchev–Trinajstić information content (AvgIpc) is 3.09. The molecule has 0 spiro atoms. The minimum Gasteiger partial charge on any atom is -0.454 e. The molecular weight excluding hydrogens is 339 g/mol. The van der Waals surface area contributed by atoms with Crippen LogP contribution in [0.25, 0.3) is 16.7 Å². The Morgan fingerprint density at radius 3 is 2.65 bits per heavy atom. The highest BCUT2D eigenvalue weighted by Crippen LogP contribution is 2.15. The largest absolute Gasteiger partial charge is 0.454 e. The Bertz CT molecular complexity index is 1210. The van der Waals surface area contributed by atoms with Crippen LogP contribution in [0.1, 0.15) is 16.2 Å². The topological polar surface area (TPSA) is 78.5 Å². The van der Waals surface area contributed by atoms with E-state index in [1.807, 2.05) is 0 Å². The first-order chi connectivity index (χ1) is 12.6. The molecule has 0 unspecified atom stereocenters. The van der Waals surface area contributed by atoms with Crippen molar-refractivity contribution < 1.29 is 13.9 Å². The van der Waals surface area contributed by atoms with Gasteiger partial charge in [-0.15, -0.1) is 10.2 Å². The van der Waals surface area contributed by atoms with Gasteiger partial charge in [-0.25, -0.2) is 9.18 Å². The molecule has 2 heterocycles. The maximum Gasteiger partial charge on any atom is 0.341 e. The maximum absolute atomic E-state index is 13.7. The number of nitrogens with zero attached hydrogens (tertiary/aromatic N) is 4. The zero-order valence-corrected chi connectivity index (χ0v) is 13.7. The SMILES string of the molecule is Cn1c(=O)c2ccccc2n2c(COC(=O)c3ccccc3F)nnc12. The third-order valence-corrected chi connectivity index (χ3v) is 4.12. The van der Waals surface area contributed by atoms with Crippen LogP contribution in [0.4, 0.5) is 4.39 Å². The number of aromatic nitrogens is 4. The van der Waals surface area contributed by atoms with Crippen molar-refractivity contribution in [3.8, 4) is 0 Å². The van der Waals surface area contributed by atoms with E-state index < -0.39 is 11.8 Å². The molecule has 26 heavy (non-hydrogen) atoms. The van der Waals surface area contributed by atoms with Crippen LogP contribution in [0, 0.1) is 5.82 Å². The van der Waals surface area contributed by atoms with E-state index in [9.17, 15) is 14.0 Å². The molecule has 2 aromatic heterocycles. The van der Waals surface area contributed by atoms with Crippen LogP contribution in [0.5, 0.6) is 0 Å². The Balaban J connectivity index is 1.75. The van der Waals surface area contributed by atoms with Gasteiger partial charge in [-0.3, -0.25) is 13.8 Å². The highest BCUT2D eigenvalue weighted by molar-refractivity contribution is 5.89. The van der Waals surface area contributed by atoms with Crippen molar-refractivity contribution in [1.29, 1.82) is 0 Å². The number of esters is 1. The number of para-hydroxylation sites is 1. The smallest absolute Gasteiger partial charge is 0.341 e. The van der Waals surface area contributed by atoms with Gasteiger partial charge in [0.1, 0.15) is 5.82 Å². The zero-order chi connectivity index (χ0) is 18.3. The van der Waals surface area contributed by atoms with Crippen LogP contribution in [0.15, 0.2) is 53.3 Å². The van der Waals surface area contributed by atoms with Crippen molar-refractivity contribution in [1.82, 2.24) is 19.2 Å². The predicted octanol–water partition coefficient (Wildman–Crippen LogP) is 2.08. The van der Waals surface area contributed by atoms with Gasteiger partial charge in [0.05, 0.1) is 16.5 Å². The first-order valence-electron chi connectivity index (χ1n) is 7.81. The molecule has 0 saturated heterocycles. The van der Waals surface area contributed by atoms with Gasteiger partial charge in [0, 0.05) is 7.05 Å². The highest BCUT2D eigenvalue weighted by atomic mass is 19.1. The number of halogens is 1. The summed E-state index contributed by atoms with van der Waals surface area (Å²) in [4.78, 5) is 24.5. The fraction of sp³-hybridized carbons (Fsp3) is 0.111. The molecule has 130 valence electrons. The second kappa shape index (κ2) is 6.07. The molecule has 0 aliphatic heterocycles. The Kier molecular flexibility index (Phi) is 3.72. The molecule has 0 aliphatic rings. The summed E-state index contributed by atoms with van der Waals surface area (Å²) >= 11 is 0.